The Hall–Kier alpha value is -1.37. The average molecular weight is 287 g/mol. The summed E-state index contributed by atoms with van der Waals surface area (Å²) in [4.78, 5) is 15.1. The molecule has 6 nitrogen and oxygen atoms in total. The van der Waals surface area contributed by atoms with Crippen molar-refractivity contribution >= 4 is 17.7 Å². The maximum Gasteiger partial charge on any atom is 0.405 e. The molecule has 2 unspecified atom stereocenters. The average Bonchev–Trinajstić information content (AvgIpc) is 2.89. The van der Waals surface area contributed by atoms with Crippen molar-refractivity contribution in [3.05, 3.63) is 28.5 Å². The Balaban J connectivity index is 2.33. The van der Waals surface area contributed by atoms with Crippen molar-refractivity contribution < 1.29 is 19.7 Å². The highest BCUT2D eigenvalue weighted by atomic mass is 35.5. The molecule has 1 fully saturated rings. The molecule has 0 bridgehead atoms. The van der Waals surface area contributed by atoms with Gasteiger partial charge in [-0.15, -0.1) is 0 Å². The third-order valence-electron chi connectivity index (χ3n) is 3.15. The summed E-state index contributed by atoms with van der Waals surface area (Å²) in [5, 5.41) is 21.2. The van der Waals surface area contributed by atoms with Crippen molar-refractivity contribution in [1.29, 1.82) is 0 Å². The summed E-state index contributed by atoms with van der Waals surface area (Å²) in [6.45, 7) is 0.832. The Morgan fingerprint density at radius 2 is 2.47 bits per heavy atom. The minimum Gasteiger partial charge on any atom is -0.465 e. The summed E-state index contributed by atoms with van der Waals surface area (Å²) in [5.74, 6) is 0.00933. The lowest BCUT2D eigenvalue weighted by Gasteiger charge is -2.23. The number of halogens is 1. The number of nitrogens with one attached hydrogen (secondary N) is 1. The van der Waals surface area contributed by atoms with Crippen LogP contribution in [0.5, 0.6) is 0 Å². The van der Waals surface area contributed by atoms with E-state index in [1.807, 2.05) is 0 Å². The van der Waals surface area contributed by atoms with Crippen LogP contribution in [-0.2, 0) is 11.3 Å². The van der Waals surface area contributed by atoms with Crippen LogP contribution in [-0.4, -0.2) is 34.5 Å². The first-order valence-corrected chi connectivity index (χ1v) is 6.32. The van der Waals surface area contributed by atoms with Crippen LogP contribution in [0.25, 0.3) is 0 Å². The molecule has 0 radical (unpaired) electrons. The first kappa shape index (κ1) is 14.0. The highest BCUT2D eigenvalue weighted by Gasteiger charge is 2.31. The molecule has 2 atom stereocenters. The molecule has 19 heavy (non-hydrogen) atoms. The number of amides is 1. The molecule has 2 rings (SSSR count). The maximum atomic E-state index is 10.9. The largest absolute Gasteiger partial charge is 0.465 e. The fourth-order valence-electron chi connectivity index (χ4n) is 2.26. The Morgan fingerprint density at radius 3 is 3.05 bits per heavy atom. The quantitative estimate of drug-likeness (QED) is 0.781. The lowest BCUT2D eigenvalue weighted by molar-refractivity contribution is 0.165. The van der Waals surface area contributed by atoms with E-state index in [0.29, 0.717) is 29.5 Å². The summed E-state index contributed by atoms with van der Waals surface area (Å²) >= 11 is 5.83. The second kappa shape index (κ2) is 6.18. The fraction of sp³-hybridized carbons (Fsp3) is 0.500. The SMILES string of the molecule is O=C(O)NC(c1ncc(Cl)cc1CO)C1CCOC1. The molecule has 0 aromatic carbocycles. The molecule has 1 aromatic rings. The molecule has 1 aliphatic heterocycles. The smallest absolute Gasteiger partial charge is 0.405 e. The van der Waals surface area contributed by atoms with E-state index in [9.17, 15) is 9.90 Å². The minimum atomic E-state index is -1.13. The van der Waals surface area contributed by atoms with E-state index in [1.54, 1.807) is 6.07 Å². The van der Waals surface area contributed by atoms with Crippen molar-refractivity contribution in [1.82, 2.24) is 10.3 Å². The van der Waals surface area contributed by atoms with Gasteiger partial charge in [0.25, 0.3) is 0 Å². The minimum absolute atomic E-state index is 0.00933. The van der Waals surface area contributed by atoms with Crippen molar-refractivity contribution in [2.24, 2.45) is 5.92 Å². The van der Waals surface area contributed by atoms with Gasteiger partial charge in [-0.1, -0.05) is 11.6 Å². The van der Waals surface area contributed by atoms with Crippen molar-refractivity contribution in [2.75, 3.05) is 13.2 Å². The number of aromatic nitrogens is 1. The zero-order valence-corrected chi connectivity index (χ0v) is 10.9. The molecular formula is C12H15ClN2O4. The molecule has 3 N–H and O–H groups in total. The first-order chi connectivity index (χ1) is 9.11. The molecule has 0 spiro atoms. The van der Waals surface area contributed by atoms with E-state index in [0.717, 1.165) is 6.42 Å². The van der Waals surface area contributed by atoms with Gasteiger partial charge in [0.1, 0.15) is 0 Å². The Labute approximate surface area is 115 Å². The van der Waals surface area contributed by atoms with Crippen LogP contribution in [0.15, 0.2) is 12.3 Å². The number of rotatable bonds is 4. The van der Waals surface area contributed by atoms with E-state index in [2.05, 4.69) is 10.3 Å². The van der Waals surface area contributed by atoms with Crippen molar-refractivity contribution in [3.63, 3.8) is 0 Å². The molecule has 1 aliphatic rings. The normalized spacial score (nSPS) is 20.2. The van der Waals surface area contributed by atoms with Gasteiger partial charge in [0.05, 0.1) is 30.0 Å². The predicted octanol–water partition coefficient (Wildman–Crippen LogP) is 1.57. The molecule has 0 saturated carbocycles. The van der Waals surface area contributed by atoms with Crippen molar-refractivity contribution in [3.8, 4) is 0 Å². The van der Waals surface area contributed by atoms with E-state index in [-0.39, 0.29) is 12.5 Å². The number of aliphatic hydroxyl groups excluding tert-OH is 1. The highest BCUT2D eigenvalue weighted by Crippen LogP contribution is 2.30. The standard InChI is InChI=1S/C12H15ClN2O4/c13-9-3-8(5-16)10(14-4-9)11(15-12(17)18)7-1-2-19-6-7/h3-4,7,11,15-16H,1-2,5-6H2,(H,17,18). The third kappa shape index (κ3) is 3.34. The van der Waals surface area contributed by atoms with E-state index in [4.69, 9.17) is 21.4 Å². The number of carboxylic acid groups (broad SMARTS) is 1. The van der Waals surface area contributed by atoms with Gasteiger partial charge < -0.3 is 20.3 Å². The van der Waals surface area contributed by atoms with Crippen LogP contribution in [0, 0.1) is 5.92 Å². The number of pyridine rings is 1. The van der Waals surface area contributed by atoms with Crippen LogP contribution in [0.4, 0.5) is 4.79 Å². The molecule has 1 aromatic heterocycles. The lowest BCUT2D eigenvalue weighted by Crippen LogP contribution is -2.34. The van der Waals surface area contributed by atoms with Crippen LogP contribution in [0.1, 0.15) is 23.7 Å². The Morgan fingerprint density at radius 1 is 1.68 bits per heavy atom. The van der Waals surface area contributed by atoms with Gasteiger partial charge >= 0.3 is 6.09 Å². The number of carbonyl (C=O) groups is 1. The molecule has 2 heterocycles. The molecular weight excluding hydrogens is 272 g/mol. The van der Waals surface area contributed by atoms with Crippen LogP contribution in [0.2, 0.25) is 5.02 Å². The van der Waals surface area contributed by atoms with Gasteiger partial charge in [-0.05, 0) is 12.5 Å². The second-order valence-corrected chi connectivity index (χ2v) is 4.84. The monoisotopic (exact) mass is 286 g/mol. The topological polar surface area (TPSA) is 91.7 Å². The van der Waals surface area contributed by atoms with Gasteiger partial charge in [-0.2, -0.15) is 0 Å². The number of ether oxygens (including phenoxy) is 1. The Bertz CT molecular complexity index is 463. The van der Waals surface area contributed by atoms with Gasteiger partial charge in [0.15, 0.2) is 0 Å². The lowest BCUT2D eigenvalue weighted by atomic mass is 9.93. The van der Waals surface area contributed by atoms with Crippen LogP contribution < -0.4 is 5.32 Å². The molecule has 0 aliphatic carbocycles. The number of aliphatic hydroxyl groups is 1. The zero-order chi connectivity index (χ0) is 13.8. The van der Waals surface area contributed by atoms with Crippen molar-refractivity contribution in [2.45, 2.75) is 19.1 Å². The van der Waals surface area contributed by atoms with Gasteiger partial charge in [-0.25, -0.2) is 4.79 Å². The molecule has 7 heteroatoms. The fourth-order valence-corrected chi connectivity index (χ4v) is 2.44. The third-order valence-corrected chi connectivity index (χ3v) is 3.36. The highest BCUT2D eigenvalue weighted by molar-refractivity contribution is 6.30. The summed E-state index contributed by atoms with van der Waals surface area (Å²) in [5.41, 5.74) is 1.03. The van der Waals surface area contributed by atoms with Crippen LogP contribution in [0.3, 0.4) is 0 Å². The number of nitrogens with zero attached hydrogens (tertiary/aromatic N) is 1. The van der Waals surface area contributed by atoms with E-state index in [1.165, 1.54) is 6.20 Å². The van der Waals surface area contributed by atoms with Gasteiger partial charge in [-0.3, -0.25) is 4.98 Å². The summed E-state index contributed by atoms with van der Waals surface area (Å²) < 4.78 is 5.29. The molecule has 104 valence electrons. The number of hydrogen-bond donors (Lipinski definition) is 3. The summed E-state index contributed by atoms with van der Waals surface area (Å²) in [7, 11) is 0. The zero-order valence-electron chi connectivity index (χ0n) is 10.2. The number of hydrogen-bond acceptors (Lipinski definition) is 4. The Kier molecular flexibility index (Phi) is 4.57. The second-order valence-electron chi connectivity index (χ2n) is 4.41. The molecule has 1 saturated heterocycles. The van der Waals surface area contributed by atoms with E-state index < -0.39 is 12.1 Å². The summed E-state index contributed by atoms with van der Waals surface area (Å²) in [6.07, 6.45) is 1.07. The van der Waals surface area contributed by atoms with Gasteiger partial charge in [0, 0.05) is 24.3 Å². The molecule has 1 amide bonds. The first-order valence-electron chi connectivity index (χ1n) is 5.94. The predicted molar refractivity (Wildman–Crippen MR) is 68.0 cm³/mol. The maximum absolute atomic E-state index is 10.9. The van der Waals surface area contributed by atoms with E-state index >= 15 is 0 Å². The van der Waals surface area contributed by atoms with Gasteiger partial charge in [0.2, 0.25) is 0 Å². The van der Waals surface area contributed by atoms with Crippen LogP contribution >= 0.6 is 11.6 Å². The summed E-state index contributed by atoms with van der Waals surface area (Å²) in [6, 6.07) is 1.09.